The lowest BCUT2D eigenvalue weighted by molar-refractivity contribution is -0.757. The molecule has 0 bridgehead atoms. The molecule has 9 nitrogen and oxygen atoms in total. The number of likely N-dealkylation sites (tertiary alicyclic amines) is 1. The van der Waals surface area contributed by atoms with Crippen molar-refractivity contribution < 1.29 is 24.3 Å². The van der Waals surface area contributed by atoms with Gasteiger partial charge in [-0.15, -0.1) is 10.1 Å². The fourth-order valence-electron chi connectivity index (χ4n) is 3.43. The molecular formula is C18H23N3O6. The summed E-state index contributed by atoms with van der Waals surface area (Å²) in [5, 5.41) is 9.25. The van der Waals surface area contributed by atoms with Crippen molar-refractivity contribution in [1.82, 2.24) is 9.80 Å². The predicted octanol–water partition coefficient (Wildman–Crippen LogP) is 1.75. The Morgan fingerprint density at radius 2 is 1.74 bits per heavy atom. The highest BCUT2D eigenvalue weighted by atomic mass is 16.9. The van der Waals surface area contributed by atoms with Crippen LogP contribution in [0.15, 0.2) is 18.2 Å². The van der Waals surface area contributed by atoms with Crippen LogP contribution in [0.1, 0.15) is 46.4 Å². The van der Waals surface area contributed by atoms with E-state index >= 15 is 0 Å². The molecule has 0 atom stereocenters. The van der Waals surface area contributed by atoms with Crippen molar-refractivity contribution in [2.45, 2.75) is 25.7 Å². The Kier molecular flexibility index (Phi) is 6.23. The van der Waals surface area contributed by atoms with Gasteiger partial charge in [0, 0.05) is 6.54 Å². The van der Waals surface area contributed by atoms with Crippen LogP contribution in [0.4, 0.5) is 0 Å². The van der Waals surface area contributed by atoms with Crippen LogP contribution in [0.3, 0.4) is 0 Å². The summed E-state index contributed by atoms with van der Waals surface area (Å²) in [5.74, 6) is -0.420. The largest absolute Gasteiger partial charge is 0.494 e. The average Bonchev–Trinajstić information content (AvgIpc) is 2.90. The minimum Gasteiger partial charge on any atom is -0.494 e. The Labute approximate surface area is 156 Å². The van der Waals surface area contributed by atoms with Crippen molar-refractivity contribution in [1.29, 1.82) is 0 Å². The number of rotatable bonds is 9. The van der Waals surface area contributed by atoms with E-state index in [9.17, 15) is 19.7 Å². The lowest BCUT2D eigenvalue weighted by Gasteiger charge is -2.26. The van der Waals surface area contributed by atoms with Gasteiger partial charge in [-0.25, -0.2) is 0 Å². The molecule has 0 radical (unpaired) electrons. The van der Waals surface area contributed by atoms with E-state index in [1.165, 1.54) is 19.3 Å². The molecule has 3 rings (SSSR count). The third kappa shape index (κ3) is 4.73. The first kappa shape index (κ1) is 19.1. The SMILES string of the molecule is O=C1c2ccc(OCCCN3CCCCC3)cc2C(=O)N1CCO[N+](=O)[O-]. The molecule has 146 valence electrons. The van der Waals surface area contributed by atoms with Gasteiger partial charge in [0.15, 0.2) is 0 Å². The number of fused-ring (bicyclic) bond motifs is 1. The van der Waals surface area contributed by atoms with E-state index in [-0.39, 0.29) is 24.3 Å². The number of ether oxygens (including phenoxy) is 1. The van der Waals surface area contributed by atoms with E-state index in [4.69, 9.17) is 4.74 Å². The van der Waals surface area contributed by atoms with Crippen LogP contribution in [0.25, 0.3) is 0 Å². The normalized spacial score (nSPS) is 17.1. The monoisotopic (exact) mass is 377 g/mol. The van der Waals surface area contributed by atoms with Crippen molar-refractivity contribution in [3.8, 4) is 5.75 Å². The van der Waals surface area contributed by atoms with E-state index in [2.05, 4.69) is 9.74 Å². The van der Waals surface area contributed by atoms with Gasteiger partial charge in [-0.3, -0.25) is 14.5 Å². The molecule has 1 fully saturated rings. The summed E-state index contributed by atoms with van der Waals surface area (Å²) in [6.45, 7) is 3.30. The van der Waals surface area contributed by atoms with Crippen LogP contribution in [0.5, 0.6) is 5.75 Å². The lowest BCUT2D eigenvalue weighted by atomic mass is 10.1. The van der Waals surface area contributed by atoms with E-state index in [1.54, 1.807) is 18.2 Å². The molecule has 1 saturated heterocycles. The number of benzene rings is 1. The number of carbonyl (C=O) groups excluding carboxylic acids is 2. The molecule has 27 heavy (non-hydrogen) atoms. The van der Waals surface area contributed by atoms with Crippen molar-refractivity contribution >= 4 is 11.8 Å². The van der Waals surface area contributed by atoms with E-state index < -0.39 is 16.9 Å². The molecule has 0 spiro atoms. The van der Waals surface area contributed by atoms with Crippen molar-refractivity contribution in [2.24, 2.45) is 0 Å². The van der Waals surface area contributed by atoms with E-state index in [0.717, 1.165) is 31.0 Å². The maximum Gasteiger partial charge on any atom is 0.294 e. The highest BCUT2D eigenvalue weighted by Crippen LogP contribution is 2.26. The van der Waals surface area contributed by atoms with E-state index in [1.807, 2.05) is 0 Å². The summed E-state index contributed by atoms with van der Waals surface area (Å²) in [6.07, 6.45) is 4.72. The summed E-state index contributed by atoms with van der Waals surface area (Å²) >= 11 is 0. The zero-order valence-electron chi connectivity index (χ0n) is 15.1. The van der Waals surface area contributed by atoms with Gasteiger partial charge < -0.3 is 14.5 Å². The maximum absolute atomic E-state index is 12.4. The number of carbonyl (C=O) groups is 2. The third-order valence-electron chi connectivity index (χ3n) is 4.79. The average molecular weight is 377 g/mol. The van der Waals surface area contributed by atoms with Gasteiger partial charge in [-0.05, 0) is 50.6 Å². The van der Waals surface area contributed by atoms with Crippen molar-refractivity contribution in [3.63, 3.8) is 0 Å². The zero-order valence-corrected chi connectivity index (χ0v) is 15.1. The Balaban J connectivity index is 1.51. The van der Waals surface area contributed by atoms with Gasteiger partial charge in [0.25, 0.3) is 16.9 Å². The molecule has 0 unspecified atom stereocenters. The molecule has 0 aromatic heterocycles. The number of hydrogen-bond donors (Lipinski definition) is 0. The number of nitrogens with zero attached hydrogens (tertiary/aromatic N) is 3. The topological polar surface area (TPSA) is 102 Å². The molecule has 0 aliphatic carbocycles. The van der Waals surface area contributed by atoms with Gasteiger partial charge in [0.05, 0.1) is 24.3 Å². The Morgan fingerprint density at radius 1 is 1.00 bits per heavy atom. The van der Waals surface area contributed by atoms with Gasteiger partial charge >= 0.3 is 0 Å². The maximum atomic E-state index is 12.4. The van der Waals surface area contributed by atoms with Crippen LogP contribution in [0.2, 0.25) is 0 Å². The fraction of sp³-hybridized carbons (Fsp3) is 0.556. The zero-order chi connectivity index (χ0) is 19.2. The quantitative estimate of drug-likeness (QED) is 0.279. The second-order valence-corrected chi connectivity index (χ2v) is 6.63. The summed E-state index contributed by atoms with van der Waals surface area (Å²) < 4.78 is 5.73. The van der Waals surface area contributed by atoms with Gasteiger partial charge in [-0.1, -0.05) is 6.42 Å². The third-order valence-corrected chi connectivity index (χ3v) is 4.79. The summed E-state index contributed by atoms with van der Waals surface area (Å²) in [5.41, 5.74) is 0.538. The molecule has 0 saturated carbocycles. The number of amides is 2. The molecule has 2 aliphatic rings. The molecule has 1 aromatic carbocycles. The van der Waals surface area contributed by atoms with Crippen LogP contribution in [-0.4, -0.2) is 66.1 Å². The van der Waals surface area contributed by atoms with E-state index in [0.29, 0.717) is 12.4 Å². The second-order valence-electron chi connectivity index (χ2n) is 6.63. The Bertz CT molecular complexity index is 717. The van der Waals surface area contributed by atoms with Crippen LogP contribution >= 0.6 is 0 Å². The summed E-state index contributed by atoms with van der Waals surface area (Å²) in [7, 11) is 0. The first-order valence-electron chi connectivity index (χ1n) is 9.19. The summed E-state index contributed by atoms with van der Waals surface area (Å²) in [6, 6.07) is 4.79. The van der Waals surface area contributed by atoms with Gasteiger partial charge in [0.2, 0.25) is 0 Å². The minimum atomic E-state index is -0.950. The molecular weight excluding hydrogens is 354 g/mol. The minimum absolute atomic E-state index is 0.167. The Morgan fingerprint density at radius 3 is 2.48 bits per heavy atom. The van der Waals surface area contributed by atoms with Gasteiger partial charge in [0.1, 0.15) is 12.4 Å². The van der Waals surface area contributed by atoms with Crippen molar-refractivity contribution in [2.75, 3.05) is 39.4 Å². The second kappa shape index (κ2) is 8.81. The predicted molar refractivity (Wildman–Crippen MR) is 95.2 cm³/mol. The molecule has 2 amide bonds. The molecule has 2 aliphatic heterocycles. The first-order valence-corrected chi connectivity index (χ1v) is 9.19. The molecule has 9 heteroatoms. The molecule has 2 heterocycles. The number of imide groups is 1. The lowest BCUT2D eigenvalue weighted by Crippen LogP contribution is -2.33. The number of piperidine rings is 1. The van der Waals surface area contributed by atoms with Crippen LogP contribution in [0, 0.1) is 10.1 Å². The summed E-state index contributed by atoms with van der Waals surface area (Å²) in [4.78, 5) is 42.4. The van der Waals surface area contributed by atoms with Gasteiger partial charge in [-0.2, -0.15) is 0 Å². The fourth-order valence-corrected chi connectivity index (χ4v) is 3.43. The highest BCUT2D eigenvalue weighted by molar-refractivity contribution is 6.21. The molecule has 1 aromatic rings. The highest BCUT2D eigenvalue weighted by Gasteiger charge is 2.35. The number of hydrogen-bond acceptors (Lipinski definition) is 7. The van der Waals surface area contributed by atoms with Crippen LogP contribution in [-0.2, 0) is 4.84 Å². The smallest absolute Gasteiger partial charge is 0.294 e. The molecule has 0 N–H and O–H groups in total. The first-order chi connectivity index (χ1) is 13.1. The Hall–Kier alpha value is -2.68. The van der Waals surface area contributed by atoms with Crippen LogP contribution < -0.4 is 4.74 Å². The standard InChI is InChI=1S/C18H23N3O6/c22-17-15-6-5-14(26-11-4-9-19-7-2-1-3-8-19)13-16(15)18(23)20(17)10-12-27-21(24)25/h5-6,13H,1-4,7-12H2. The van der Waals surface area contributed by atoms with Crippen molar-refractivity contribution in [3.05, 3.63) is 39.4 Å².